The topological polar surface area (TPSA) is 91.4 Å². The average molecular weight is 364 g/mol. The lowest BCUT2D eigenvalue weighted by molar-refractivity contribution is -0.144. The first kappa shape index (κ1) is 17.3. The van der Waals surface area contributed by atoms with Crippen molar-refractivity contribution >= 4 is 22.8 Å². The number of nitrogens with one attached hydrogen (secondary N) is 2. The molecule has 4 rings (SSSR count). The van der Waals surface area contributed by atoms with Crippen LogP contribution in [0.3, 0.4) is 0 Å². The third kappa shape index (κ3) is 3.44. The molecule has 1 aliphatic rings. The molecule has 3 N–H and O–H groups in total. The molecule has 6 nitrogen and oxygen atoms in total. The van der Waals surface area contributed by atoms with Gasteiger partial charge in [0.1, 0.15) is 6.04 Å². The molecule has 6 heteroatoms. The smallest absolute Gasteiger partial charge is 0.326 e. The van der Waals surface area contributed by atoms with E-state index >= 15 is 0 Å². The minimum atomic E-state index is -1.07. The number of fused-ring (bicyclic) bond motifs is 2. The van der Waals surface area contributed by atoms with Crippen LogP contribution in [0.2, 0.25) is 0 Å². The number of H-pyrrole nitrogens is 1. The van der Waals surface area contributed by atoms with E-state index in [0.29, 0.717) is 6.61 Å². The molecule has 0 fully saturated rings. The monoisotopic (exact) mass is 364 g/mol. The Labute approximate surface area is 156 Å². The van der Waals surface area contributed by atoms with Crippen molar-refractivity contribution in [1.82, 2.24) is 10.3 Å². The Morgan fingerprint density at radius 2 is 1.96 bits per heavy atom. The van der Waals surface area contributed by atoms with Gasteiger partial charge in [0.15, 0.2) is 6.10 Å². The van der Waals surface area contributed by atoms with Gasteiger partial charge in [-0.25, -0.2) is 4.79 Å². The van der Waals surface area contributed by atoms with E-state index in [1.54, 1.807) is 6.20 Å². The molecule has 1 amide bonds. The molecule has 0 unspecified atom stereocenters. The predicted molar refractivity (Wildman–Crippen MR) is 100 cm³/mol. The molecule has 0 bridgehead atoms. The normalized spacial score (nSPS) is 17.3. The molecule has 0 saturated carbocycles. The number of hydrogen-bond donors (Lipinski definition) is 3. The van der Waals surface area contributed by atoms with E-state index in [-0.39, 0.29) is 6.42 Å². The minimum absolute atomic E-state index is 0.194. The number of aromatic amines is 1. The Kier molecular flexibility index (Phi) is 4.64. The maximum atomic E-state index is 12.8. The fraction of sp³-hybridized carbons (Fsp3) is 0.238. The van der Waals surface area contributed by atoms with Crippen molar-refractivity contribution in [3.05, 3.63) is 71.4 Å². The Morgan fingerprint density at radius 1 is 1.19 bits per heavy atom. The molecule has 138 valence electrons. The maximum Gasteiger partial charge on any atom is 0.326 e. The highest BCUT2D eigenvalue weighted by atomic mass is 16.5. The van der Waals surface area contributed by atoms with Gasteiger partial charge in [-0.15, -0.1) is 0 Å². The number of aliphatic carboxylic acids is 1. The van der Waals surface area contributed by atoms with Crippen LogP contribution < -0.4 is 5.32 Å². The summed E-state index contributed by atoms with van der Waals surface area (Å²) in [6.07, 6.45) is 1.95. The van der Waals surface area contributed by atoms with Gasteiger partial charge in [0.25, 0.3) is 5.91 Å². The number of carbonyl (C=O) groups is 2. The number of carboxylic acid groups (broad SMARTS) is 1. The van der Waals surface area contributed by atoms with Gasteiger partial charge in [-0.05, 0) is 29.2 Å². The summed E-state index contributed by atoms with van der Waals surface area (Å²) in [6.45, 7) is 0.440. The van der Waals surface area contributed by atoms with Crippen molar-refractivity contribution in [3.63, 3.8) is 0 Å². The summed E-state index contributed by atoms with van der Waals surface area (Å²) in [5.41, 5.74) is 3.65. The largest absolute Gasteiger partial charge is 0.480 e. The fourth-order valence-electron chi connectivity index (χ4n) is 3.58. The number of carbonyl (C=O) groups excluding carboxylic acids is 1. The van der Waals surface area contributed by atoms with Crippen molar-refractivity contribution < 1.29 is 19.4 Å². The molecule has 0 spiro atoms. The summed E-state index contributed by atoms with van der Waals surface area (Å²) >= 11 is 0. The molecule has 1 aromatic heterocycles. The van der Waals surface area contributed by atoms with Crippen LogP contribution in [0.1, 0.15) is 22.8 Å². The van der Waals surface area contributed by atoms with E-state index in [1.807, 2.05) is 48.5 Å². The summed E-state index contributed by atoms with van der Waals surface area (Å²) < 4.78 is 5.64. The number of aromatic nitrogens is 1. The second kappa shape index (κ2) is 7.25. The maximum absolute atomic E-state index is 12.8. The number of ether oxygens (including phenoxy) is 1. The SMILES string of the molecule is O=C(O)[C@H](Cc1c[nH]c2ccccc12)NC(=O)[C@@H]1OCCc2ccccc21. The Bertz CT molecular complexity index is 995. The summed E-state index contributed by atoms with van der Waals surface area (Å²) in [5, 5.41) is 13.2. The van der Waals surface area contributed by atoms with Crippen LogP contribution in [0.25, 0.3) is 10.9 Å². The molecule has 2 heterocycles. The first-order chi connectivity index (χ1) is 13.1. The van der Waals surface area contributed by atoms with E-state index in [2.05, 4.69) is 10.3 Å². The van der Waals surface area contributed by atoms with E-state index in [0.717, 1.165) is 34.0 Å². The van der Waals surface area contributed by atoms with Crippen molar-refractivity contribution in [1.29, 1.82) is 0 Å². The van der Waals surface area contributed by atoms with Crippen LogP contribution in [-0.4, -0.2) is 34.6 Å². The standard InChI is InChI=1S/C21H20N2O4/c24-20(19-16-7-2-1-5-13(16)9-10-27-19)23-18(21(25)26)11-14-12-22-17-8-4-3-6-15(14)17/h1-8,12,18-19,22H,9-11H2,(H,23,24)(H,25,26)/t18-,19+/m0/s1. The molecule has 0 radical (unpaired) electrons. The fourth-order valence-corrected chi connectivity index (χ4v) is 3.58. The van der Waals surface area contributed by atoms with E-state index in [4.69, 9.17) is 4.74 Å². The Balaban J connectivity index is 1.54. The number of rotatable bonds is 5. The summed E-state index contributed by atoms with van der Waals surface area (Å²) in [6, 6.07) is 14.3. The van der Waals surface area contributed by atoms with Crippen LogP contribution in [0.4, 0.5) is 0 Å². The second-order valence-corrected chi connectivity index (χ2v) is 6.66. The zero-order valence-corrected chi connectivity index (χ0v) is 14.6. The van der Waals surface area contributed by atoms with E-state index < -0.39 is 24.0 Å². The predicted octanol–water partition coefficient (Wildman–Crippen LogP) is 2.59. The second-order valence-electron chi connectivity index (χ2n) is 6.66. The van der Waals surface area contributed by atoms with Crippen LogP contribution in [-0.2, 0) is 27.2 Å². The van der Waals surface area contributed by atoms with Gasteiger partial charge >= 0.3 is 5.97 Å². The molecule has 0 aliphatic carbocycles. The third-order valence-electron chi connectivity index (χ3n) is 4.95. The summed E-state index contributed by atoms with van der Waals surface area (Å²) in [5.74, 6) is -1.49. The Morgan fingerprint density at radius 3 is 2.81 bits per heavy atom. The van der Waals surface area contributed by atoms with Gasteiger partial charge in [0.2, 0.25) is 0 Å². The average Bonchev–Trinajstić information content (AvgIpc) is 3.10. The van der Waals surface area contributed by atoms with Gasteiger partial charge in [-0.2, -0.15) is 0 Å². The summed E-state index contributed by atoms with van der Waals surface area (Å²) in [7, 11) is 0. The Hall–Kier alpha value is -3.12. The zero-order valence-electron chi connectivity index (χ0n) is 14.6. The van der Waals surface area contributed by atoms with Crippen molar-refractivity contribution in [2.24, 2.45) is 0 Å². The van der Waals surface area contributed by atoms with Gasteiger partial charge in [0.05, 0.1) is 6.61 Å². The van der Waals surface area contributed by atoms with E-state index in [1.165, 1.54) is 0 Å². The molecule has 2 aromatic carbocycles. The quantitative estimate of drug-likeness (QED) is 0.649. The highest BCUT2D eigenvalue weighted by Gasteiger charge is 2.30. The van der Waals surface area contributed by atoms with Gasteiger partial charge in [-0.3, -0.25) is 4.79 Å². The highest BCUT2D eigenvalue weighted by molar-refractivity contribution is 5.89. The lowest BCUT2D eigenvalue weighted by Gasteiger charge is -2.26. The number of carboxylic acids is 1. The lowest BCUT2D eigenvalue weighted by Crippen LogP contribution is -2.45. The lowest BCUT2D eigenvalue weighted by atomic mass is 9.96. The van der Waals surface area contributed by atoms with E-state index in [9.17, 15) is 14.7 Å². The first-order valence-electron chi connectivity index (χ1n) is 8.91. The first-order valence-corrected chi connectivity index (χ1v) is 8.91. The number of amides is 1. The molecule has 1 aliphatic heterocycles. The molecule has 3 aromatic rings. The third-order valence-corrected chi connectivity index (χ3v) is 4.95. The zero-order chi connectivity index (χ0) is 18.8. The van der Waals surface area contributed by atoms with Gasteiger partial charge in [0, 0.05) is 23.5 Å². The van der Waals surface area contributed by atoms with Crippen molar-refractivity contribution in [3.8, 4) is 0 Å². The van der Waals surface area contributed by atoms with Gasteiger partial charge < -0.3 is 20.1 Å². The van der Waals surface area contributed by atoms with Crippen molar-refractivity contribution in [2.45, 2.75) is 25.0 Å². The molecule has 0 saturated heterocycles. The number of benzene rings is 2. The van der Waals surface area contributed by atoms with Gasteiger partial charge in [-0.1, -0.05) is 42.5 Å². The van der Waals surface area contributed by atoms with Crippen LogP contribution >= 0.6 is 0 Å². The molecular formula is C21H20N2O4. The van der Waals surface area contributed by atoms with Crippen LogP contribution in [0, 0.1) is 0 Å². The van der Waals surface area contributed by atoms with Crippen LogP contribution in [0.15, 0.2) is 54.7 Å². The molecule has 2 atom stereocenters. The molecular weight excluding hydrogens is 344 g/mol. The highest BCUT2D eigenvalue weighted by Crippen LogP contribution is 2.27. The summed E-state index contributed by atoms with van der Waals surface area (Å²) in [4.78, 5) is 27.7. The number of hydrogen-bond acceptors (Lipinski definition) is 3. The van der Waals surface area contributed by atoms with Crippen LogP contribution in [0.5, 0.6) is 0 Å². The molecule has 27 heavy (non-hydrogen) atoms. The van der Waals surface area contributed by atoms with Crippen molar-refractivity contribution in [2.75, 3.05) is 6.61 Å². The number of para-hydroxylation sites is 1. The minimum Gasteiger partial charge on any atom is -0.480 e.